The van der Waals surface area contributed by atoms with Crippen molar-refractivity contribution in [1.29, 1.82) is 0 Å². The fraction of sp³-hybridized carbons (Fsp3) is 0.476. The van der Waals surface area contributed by atoms with Crippen molar-refractivity contribution < 1.29 is 9.90 Å². The zero-order valence-electron chi connectivity index (χ0n) is 15.7. The van der Waals surface area contributed by atoms with E-state index in [9.17, 15) is 19.5 Å². The summed E-state index contributed by atoms with van der Waals surface area (Å²) in [5, 5.41) is 11.6. The Hall–Kier alpha value is -2.67. The van der Waals surface area contributed by atoms with Gasteiger partial charge in [0, 0.05) is 30.3 Å². The van der Waals surface area contributed by atoms with Gasteiger partial charge in [-0.3, -0.25) is 14.6 Å². The zero-order valence-corrected chi connectivity index (χ0v) is 15.7. The Morgan fingerprint density at radius 2 is 1.93 bits per heavy atom. The maximum absolute atomic E-state index is 13.0. The Labute approximate surface area is 162 Å². The van der Waals surface area contributed by atoms with Crippen LogP contribution in [-0.2, 0) is 16.8 Å². The van der Waals surface area contributed by atoms with Gasteiger partial charge in [-0.1, -0.05) is 43.2 Å². The second kappa shape index (κ2) is 7.39. The van der Waals surface area contributed by atoms with Crippen LogP contribution in [0, 0.1) is 5.92 Å². The van der Waals surface area contributed by atoms with E-state index in [0.717, 1.165) is 31.2 Å². The number of amides is 1. The van der Waals surface area contributed by atoms with Crippen molar-refractivity contribution in [2.75, 3.05) is 6.54 Å². The smallest absolute Gasteiger partial charge is 0.325 e. The first-order chi connectivity index (χ1) is 13.5. The fourth-order valence-corrected chi connectivity index (χ4v) is 4.91. The second-order valence-electron chi connectivity index (χ2n) is 7.86. The molecule has 2 fully saturated rings. The van der Waals surface area contributed by atoms with Crippen LogP contribution in [0.2, 0.25) is 0 Å². The van der Waals surface area contributed by atoms with E-state index in [2.05, 4.69) is 9.97 Å². The number of aromatic nitrogens is 2. The van der Waals surface area contributed by atoms with Crippen molar-refractivity contribution in [2.24, 2.45) is 5.92 Å². The molecule has 1 amide bonds. The highest BCUT2D eigenvalue weighted by Crippen LogP contribution is 2.46. The molecule has 7 heteroatoms. The molecule has 0 radical (unpaired) electrons. The third-order valence-electron chi connectivity index (χ3n) is 6.31. The number of benzene rings is 1. The van der Waals surface area contributed by atoms with Crippen LogP contribution >= 0.6 is 0 Å². The molecule has 1 aliphatic carbocycles. The van der Waals surface area contributed by atoms with Crippen LogP contribution in [-0.4, -0.2) is 38.5 Å². The van der Waals surface area contributed by atoms with Gasteiger partial charge in [0.2, 0.25) is 5.91 Å². The lowest BCUT2D eigenvalue weighted by molar-refractivity contribution is -0.154. The predicted octanol–water partition coefficient (Wildman–Crippen LogP) is 1.28. The number of aliphatic hydroxyl groups is 1. The maximum atomic E-state index is 13.0. The molecule has 2 aliphatic rings. The minimum atomic E-state index is -0.932. The van der Waals surface area contributed by atoms with E-state index < -0.39 is 16.9 Å². The lowest BCUT2D eigenvalue weighted by Gasteiger charge is -2.52. The van der Waals surface area contributed by atoms with Gasteiger partial charge < -0.3 is 15.0 Å². The van der Waals surface area contributed by atoms with Crippen LogP contribution in [0.5, 0.6) is 0 Å². The molecule has 2 heterocycles. The normalized spacial score (nSPS) is 27.2. The quantitative estimate of drug-likeness (QED) is 0.742. The summed E-state index contributed by atoms with van der Waals surface area (Å²) in [5.41, 5.74) is -0.884. The summed E-state index contributed by atoms with van der Waals surface area (Å²) < 4.78 is 0. The largest absolute Gasteiger partial charge is 0.385 e. The Morgan fingerprint density at radius 1 is 1.18 bits per heavy atom. The van der Waals surface area contributed by atoms with Gasteiger partial charge in [-0.15, -0.1) is 0 Å². The number of carbonyl (C=O) groups excluding carboxylic acids is 1. The van der Waals surface area contributed by atoms with Gasteiger partial charge in [0.1, 0.15) is 0 Å². The van der Waals surface area contributed by atoms with Crippen LogP contribution in [0.15, 0.2) is 46.1 Å². The molecule has 1 aromatic carbocycles. The first kappa shape index (κ1) is 18.7. The van der Waals surface area contributed by atoms with E-state index in [-0.39, 0.29) is 29.9 Å². The number of hydrogen-bond acceptors (Lipinski definition) is 4. The average Bonchev–Trinajstić information content (AvgIpc) is 2.71. The summed E-state index contributed by atoms with van der Waals surface area (Å²) in [4.78, 5) is 42.6. The first-order valence-electron chi connectivity index (χ1n) is 9.87. The standard InChI is InChI=1S/C21H25N3O4/c25-18(12-14-13-22-20(27)23-19(14)26)24-11-10-21(28,15-6-2-1-3-7-15)16-8-4-5-9-17(16)24/h1-3,6-7,13,16-17,28H,4-5,8-12H2,(H2,22,23,26,27)/t16-,17-,21+/m1/s1. The summed E-state index contributed by atoms with van der Waals surface area (Å²) in [7, 11) is 0. The van der Waals surface area contributed by atoms with Crippen LogP contribution in [0.3, 0.4) is 0 Å². The fourth-order valence-electron chi connectivity index (χ4n) is 4.91. The summed E-state index contributed by atoms with van der Waals surface area (Å²) in [5.74, 6) is -0.153. The van der Waals surface area contributed by atoms with Gasteiger partial charge in [-0.25, -0.2) is 4.79 Å². The Balaban J connectivity index is 1.59. The molecule has 2 aromatic rings. The number of nitrogens with zero attached hydrogens (tertiary/aromatic N) is 1. The number of fused-ring (bicyclic) bond motifs is 1. The lowest BCUT2D eigenvalue weighted by Crippen LogP contribution is -2.59. The highest BCUT2D eigenvalue weighted by molar-refractivity contribution is 5.79. The average molecular weight is 383 g/mol. The van der Waals surface area contributed by atoms with Crippen molar-refractivity contribution in [3.8, 4) is 0 Å². The third kappa shape index (κ3) is 3.30. The summed E-state index contributed by atoms with van der Waals surface area (Å²) in [6, 6.07) is 9.69. The molecular formula is C21H25N3O4. The monoisotopic (exact) mass is 383 g/mol. The molecule has 7 nitrogen and oxygen atoms in total. The highest BCUT2D eigenvalue weighted by Gasteiger charge is 2.50. The zero-order chi connectivity index (χ0) is 19.7. The molecule has 1 saturated heterocycles. The van der Waals surface area contributed by atoms with Crippen molar-refractivity contribution in [3.05, 3.63) is 68.5 Å². The molecule has 28 heavy (non-hydrogen) atoms. The summed E-state index contributed by atoms with van der Waals surface area (Å²) in [6.45, 7) is 0.451. The number of rotatable bonds is 3. The van der Waals surface area contributed by atoms with Gasteiger partial charge in [0.15, 0.2) is 0 Å². The highest BCUT2D eigenvalue weighted by atomic mass is 16.3. The molecule has 1 aromatic heterocycles. The molecule has 0 unspecified atom stereocenters. The number of aromatic amines is 2. The Kier molecular flexibility index (Phi) is 4.93. The number of nitrogens with one attached hydrogen (secondary N) is 2. The van der Waals surface area contributed by atoms with E-state index >= 15 is 0 Å². The first-order valence-corrected chi connectivity index (χ1v) is 9.87. The van der Waals surface area contributed by atoms with Gasteiger partial charge in [-0.2, -0.15) is 0 Å². The molecule has 4 rings (SSSR count). The van der Waals surface area contributed by atoms with Crippen molar-refractivity contribution in [2.45, 2.75) is 50.2 Å². The number of carbonyl (C=O) groups is 1. The minimum Gasteiger partial charge on any atom is -0.385 e. The molecule has 0 spiro atoms. The SMILES string of the molecule is O=C(Cc1c[nH]c(=O)[nH]c1=O)N1CC[C@](O)(c2ccccc2)[C@@H]2CCCC[C@H]21. The predicted molar refractivity (Wildman–Crippen MR) is 104 cm³/mol. The molecule has 0 bridgehead atoms. The van der Waals surface area contributed by atoms with Crippen LogP contribution < -0.4 is 11.2 Å². The minimum absolute atomic E-state index is 0.0183. The topological polar surface area (TPSA) is 106 Å². The van der Waals surface area contributed by atoms with Crippen molar-refractivity contribution >= 4 is 5.91 Å². The number of H-pyrrole nitrogens is 2. The third-order valence-corrected chi connectivity index (χ3v) is 6.31. The molecule has 1 aliphatic heterocycles. The van der Waals surface area contributed by atoms with Crippen LogP contribution in [0.1, 0.15) is 43.2 Å². The summed E-state index contributed by atoms with van der Waals surface area (Å²) in [6.07, 6.45) is 5.52. The van der Waals surface area contributed by atoms with Crippen molar-refractivity contribution in [3.63, 3.8) is 0 Å². The number of hydrogen-bond donors (Lipinski definition) is 3. The van der Waals surface area contributed by atoms with Gasteiger partial charge in [0.05, 0.1) is 12.0 Å². The van der Waals surface area contributed by atoms with Crippen molar-refractivity contribution in [1.82, 2.24) is 14.9 Å². The molecule has 3 atom stereocenters. The van der Waals surface area contributed by atoms with E-state index in [1.807, 2.05) is 35.2 Å². The molecule has 148 valence electrons. The van der Waals surface area contributed by atoms with E-state index in [0.29, 0.717) is 13.0 Å². The van der Waals surface area contributed by atoms with E-state index in [1.54, 1.807) is 0 Å². The van der Waals surface area contributed by atoms with Gasteiger partial charge in [0.25, 0.3) is 5.56 Å². The van der Waals surface area contributed by atoms with Gasteiger partial charge in [-0.05, 0) is 24.8 Å². The molecule has 3 N–H and O–H groups in total. The number of piperidine rings is 1. The maximum Gasteiger partial charge on any atom is 0.325 e. The Morgan fingerprint density at radius 3 is 2.68 bits per heavy atom. The van der Waals surface area contributed by atoms with Gasteiger partial charge >= 0.3 is 5.69 Å². The number of likely N-dealkylation sites (tertiary alicyclic amines) is 1. The van der Waals surface area contributed by atoms with E-state index in [1.165, 1.54) is 6.20 Å². The van der Waals surface area contributed by atoms with Crippen LogP contribution in [0.4, 0.5) is 0 Å². The summed E-state index contributed by atoms with van der Waals surface area (Å²) >= 11 is 0. The Bertz CT molecular complexity index is 967. The second-order valence-corrected chi connectivity index (χ2v) is 7.86. The molecule has 1 saturated carbocycles. The lowest BCUT2D eigenvalue weighted by atomic mass is 9.66. The van der Waals surface area contributed by atoms with Crippen LogP contribution in [0.25, 0.3) is 0 Å². The van der Waals surface area contributed by atoms with E-state index in [4.69, 9.17) is 0 Å². The molecular weight excluding hydrogens is 358 g/mol.